The minimum Gasteiger partial charge on any atom is -0.497 e. The summed E-state index contributed by atoms with van der Waals surface area (Å²) < 4.78 is 10.3. The number of nitrogens with one attached hydrogen (secondary N) is 2. The molecule has 1 aromatic carbocycles. The Bertz CT molecular complexity index is 740. The Balaban J connectivity index is 2.00. The van der Waals surface area contributed by atoms with Crippen molar-refractivity contribution in [2.24, 2.45) is 0 Å². The summed E-state index contributed by atoms with van der Waals surface area (Å²) in [5.74, 6) is 1.03. The number of aromatic amines is 1. The fourth-order valence-corrected chi connectivity index (χ4v) is 2.41. The van der Waals surface area contributed by atoms with Crippen LogP contribution in [0.2, 0.25) is 0 Å². The molecule has 9 heteroatoms. The predicted molar refractivity (Wildman–Crippen MR) is 88.2 cm³/mol. The lowest BCUT2D eigenvalue weighted by Crippen LogP contribution is -2.15. The maximum Gasteiger partial charge on any atom is 0.253 e. The molecule has 0 radical (unpaired) electrons. The number of ether oxygens (including phenoxy) is 2. The van der Waals surface area contributed by atoms with E-state index in [1.165, 1.54) is 20.3 Å². The number of benzene rings is 1. The van der Waals surface area contributed by atoms with Crippen LogP contribution < -0.4 is 26.1 Å². The van der Waals surface area contributed by atoms with Crippen LogP contribution in [0.4, 0.5) is 11.5 Å². The molecule has 0 spiro atoms. The minimum atomic E-state index is -0.363. The van der Waals surface area contributed by atoms with Gasteiger partial charge in [-0.25, -0.2) is 4.98 Å². The number of thioether (sulfide) groups is 1. The number of hydrogen-bond acceptors (Lipinski definition) is 7. The zero-order valence-corrected chi connectivity index (χ0v) is 13.4. The van der Waals surface area contributed by atoms with Crippen molar-refractivity contribution in [1.29, 1.82) is 0 Å². The summed E-state index contributed by atoms with van der Waals surface area (Å²) in [5.41, 5.74) is 5.66. The molecule has 0 atom stereocenters. The Morgan fingerprint density at radius 2 is 1.91 bits per heavy atom. The maximum absolute atomic E-state index is 12.0. The molecule has 2 aromatic rings. The fraction of sp³-hybridized carbons (Fsp3) is 0.214. The molecule has 0 aliphatic carbocycles. The first-order valence-electron chi connectivity index (χ1n) is 6.52. The standard InChI is InChI=1S/C14H16N4O4S/c1-21-9-3-8(4-10(5-9)22-2)16-13(20)7-23-14-17-11(15)6-12(19)18-14/h3-6H,7H2,1-2H3,(H,16,20)(H3,15,17,18,19). The van der Waals surface area contributed by atoms with Crippen molar-refractivity contribution in [3.05, 3.63) is 34.6 Å². The zero-order valence-electron chi connectivity index (χ0n) is 12.6. The van der Waals surface area contributed by atoms with Gasteiger partial charge in [-0.1, -0.05) is 11.8 Å². The lowest BCUT2D eigenvalue weighted by atomic mass is 10.2. The van der Waals surface area contributed by atoms with Gasteiger partial charge < -0.3 is 25.5 Å². The second kappa shape index (κ2) is 7.54. The van der Waals surface area contributed by atoms with Crippen LogP contribution in [0.25, 0.3) is 0 Å². The molecule has 1 heterocycles. The Morgan fingerprint density at radius 3 is 2.48 bits per heavy atom. The molecule has 4 N–H and O–H groups in total. The lowest BCUT2D eigenvalue weighted by molar-refractivity contribution is -0.113. The summed E-state index contributed by atoms with van der Waals surface area (Å²) in [7, 11) is 3.05. The second-order valence-electron chi connectivity index (χ2n) is 4.41. The summed E-state index contributed by atoms with van der Waals surface area (Å²) in [4.78, 5) is 29.7. The van der Waals surface area contributed by atoms with Gasteiger partial charge in [0.05, 0.1) is 20.0 Å². The van der Waals surface area contributed by atoms with E-state index in [0.29, 0.717) is 17.2 Å². The molecule has 1 amide bonds. The van der Waals surface area contributed by atoms with Crippen LogP contribution in [-0.2, 0) is 4.79 Å². The van der Waals surface area contributed by atoms with Crippen LogP contribution >= 0.6 is 11.8 Å². The van der Waals surface area contributed by atoms with E-state index in [4.69, 9.17) is 15.2 Å². The Hall–Kier alpha value is -2.68. The molecule has 122 valence electrons. The summed E-state index contributed by atoms with van der Waals surface area (Å²) in [5, 5.41) is 3.01. The maximum atomic E-state index is 12.0. The van der Waals surface area contributed by atoms with Gasteiger partial charge in [-0.2, -0.15) is 0 Å². The molecule has 2 rings (SSSR count). The van der Waals surface area contributed by atoms with Crippen molar-refractivity contribution in [3.8, 4) is 11.5 Å². The number of carbonyl (C=O) groups excluding carboxylic acids is 1. The molecule has 0 unspecified atom stereocenters. The molecular weight excluding hydrogens is 320 g/mol. The number of H-pyrrole nitrogens is 1. The van der Waals surface area contributed by atoms with Crippen LogP contribution in [-0.4, -0.2) is 35.8 Å². The average Bonchev–Trinajstić information content (AvgIpc) is 2.51. The van der Waals surface area contributed by atoms with Gasteiger partial charge in [-0.15, -0.1) is 0 Å². The largest absolute Gasteiger partial charge is 0.497 e. The first-order chi connectivity index (χ1) is 11.0. The van der Waals surface area contributed by atoms with Crippen LogP contribution in [0, 0.1) is 0 Å². The number of anilines is 2. The van der Waals surface area contributed by atoms with Crippen LogP contribution in [0.1, 0.15) is 0 Å². The summed E-state index contributed by atoms with van der Waals surface area (Å²) >= 11 is 1.07. The van der Waals surface area contributed by atoms with E-state index in [2.05, 4.69) is 15.3 Å². The normalized spacial score (nSPS) is 10.2. The van der Waals surface area contributed by atoms with Gasteiger partial charge in [-0.05, 0) is 0 Å². The average molecular weight is 336 g/mol. The molecular formula is C14H16N4O4S. The number of rotatable bonds is 6. The van der Waals surface area contributed by atoms with E-state index in [1.54, 1.807) is 18.2 Å². The highest BCUT2D eigenvalue weighted by atomic mass is 32.2. The van der Waals surface area contributed by atoms with Crippen molar-refractivity contribution >= 4 is 29.2 Å². The van der Waals surface area contributed by atoms with Gasteiger partial charge in [0.25, 0.3) is 5.56 Å². The van der Waals surface area contributed by atoms with E-state index >= 15 is 0 Å². The SMILES string of the molecule is COc1cc(NC(=O)CSc2nc(N)cc(=O)[nH]2)cc(OC)c1. The number of carbonyl (C=O) groups is 1. The highest BCUT2D eigenvalue weighted by Crippen LogP contribution is 2.26. The number of aromatic nitrogens is 2. The molecule has 0 fully saturated rings. The molecule has 23 heavy (non-hydrogen) atoms. The number of nitrogens with two attached hydrogens (primary N) is 1. The van der Waals surface area contributed by atoms with Gasteiger partial charge in [0.1, 0.15) is 17.3 Å². The smallest absolute Gasteiger partial charge is 0.253 e. The van der Waals surface area contributed by atoms with E-state index in [-0.39, 0.29) is 28.2 Å². The summed E-state index contributed by atoms with van der Waals surface area (Å²) in [6, 6.07) is 6.22. The molecule has 0 bridgehead atoms. The van der Waals surface area contributed by atoms with Crippen LogP contribution in [0.15, 0.2) is 34.2 Å². The number of hydrogen-bond donors (Lipinski definition) is 3. The summed E-state index contributed by atoms with van der Waals surface area (Å²) in [6.45, 7) is 0. The number of amides is 1. The lowest BCUT2D eigenvalue weighted by Gasteiger charge is -2.09. The second-order valence-corrected chi connectivity index (χ2v) is 5.38. The molecule has 0 saturated heterocycles. The van der Waals surface area contributed by atoms with Gasteiger partial charge in [-0.3, -0.25) is 9.59 Å². The number of methoxy groups -OCH3 is 2. The third-order valence-corrected chi connectivity index (χ3v) is 3.59. The Morgan fingerprint density at radius 1 is 1.26 bits per heavy atom. The van der Waals surface area contributed by atoms with Crippen molar-refractivity contribution < 1.29 is 14.3 Å². The molecule has 1 aromatic heterocycles. The van der Waals surface area contributed by atoms with Crippen molar-refractivity contribution in [1.82, 2.24) is 9.97 Å². The molecule has 0 aliphatic heterocycles. The van der Waals surface area contributed by atoms with E-state index < -0.39 is 0 Å². The third-order valence-electron chi connectivity index (χ3n) is 2.71. The van der Waals surface area contributed by atoms with Gasteiger partial charge >= 0.3 is 0 Å². The molecule has 0 aliphatic rings. The van der Waals surface area contributed by atoms with Crippen molar-refractivity contribution in [2.45, 2.75) is 5.16 Å². The third kappa shape index (κ3) is 4.92. The van der Waals surface area contributed by atoms with Gasteiger partial charge in [0, 0.05) is 30.0 Å². The highest BCUT2D eigenvalue weighted by Gasteiger charge is 2.08. The quantitative estimate of drug-likeness (QED) is 0.534. The Labute approximate surface area is 136 Å². The molecule has 8 nitrogen and oxygen atoms in total. The fourth-order valence-electron chi connectivity index (χ4n) is 1.73. The molecule has 0 saturated carbocycles. The minimum absolute atomic E-state index is 0.0614. The van der Waals surface area contributed by atoms with Crippen molar-refractivity contribution in [2.75, 3.05) is 31.0 Å². The van der Waals surface area contributed by atoms with Crippen LogP contribution in [0.3, 0.4) is 0 Å². The van der Waals surface area contributed by atoms with Gasteiger partial charge in [0.15, 0.2) is 5.16 Å². The van der Waals surface area contributed by atoms with Gasteiger partial charge in [0.2, 0.25) is 5.91 Å². The Kier molecular flexibility index (Phi) is 5.47. The van der Waals surface area contributed by atoms with Crippen LogP contribution in [0.5, 0.6) is 11.5 Å². The van der Waals surface area contributed by atoms with E-state index in [9.17, 15) is 9.59 Å². The first kappa shape index (κ1) is 16.7. The predicted octanol–water partition coefficient (Wildman–Crippen LogP) is 1.10. The number of nitrogens with zero attached hydrogens (tertiary/aromatic N) is 1. The highest BCUT2D eigenvalue weighted by molar-refractivity contribution is 7.99. The number of nitrogen functional groups attached to an aromatic ring is 1. The summed E-state index contributed by atoms with van der Waals surface area (Å²) in [6.07, 6.45) is 0. The zero-order chi connectivity index (χ0) is 16.8. The monoisotopic (exact) mass is 336 g/mol. The topological polar surface area (TPSA) is 119 Å². The van der Waals surface area contributed by atoms with Crippen molar-refractivity contribution in [3.63, 3.8) is 0 Å². The van der Waals surface area contributed by atoms with E-state index in [0.717, 1.165) is 11.8 Å². The first-order valence-corrected chi connectivity index (χ1v) is 7.51. The van der Waals surface area contributed by atoms with E-state index in [1.807, 2.05) is 0 Å².